The van der Waals surface area contributed by atoms with Gasteiger partial charge in [0.25, 0.3) is 0 Å². The van der Waals surface area contributed by atoms with E-state index in [2.05, 4.69) is 41.7 Å². The van der Waals surface area contributed by atoms with Crippen LogP contribution >= 0.6 is 0 Å². The molecule has 0 aliphatic rings. The lowest BCUT2D eigenvalue weighted by Crippen LogP contribution is -1.97. The molecule has 0 spiro atoms. The second kappa shape index (κ2) is 8.60. The summed E-state index contributed by atoms with van der Waals surface area (Å²) in [5.74, 6) is 7.15. The third kappa shape index (κ3) is 3.78. The molecule has 5 aromatic rings. The number of hydrogen-bond donors (Lipinski definition) is 1. The maximum atomic E-state index is 6.31. The summed E-state index contributed by atoms with van der Waals surface area (Å²) in [5, 5.41) is 0.758. The first-order valence-corrected chi connectivity index (χ1v) is 10.5. The lowest BCUT2D eigenvalue weighted by molar-refractivity contribution is 0.440. The molecule has 2 N–H and O–H groups in total. The molecule has 0 atom stereocenters. The van der Waals surface area contributed by atoms with Gasteiger partial charge in [-0.15, -0.1) is 0 Å². The first kappa shape index (κ1) is 21.0. The Labute approximate surface area is 195 Å². The summed E-state index contributed by atoms with van der Waals surface area (Å²) in [4.78, 5) is 25.9. The molecule has 0 fully saturated rings. The Balaban J connectivity index is 1.63. The van der Waals surface area contributed by atoms with Crippen LogP contribution in [0.25, 0.3) is 33.4 Å². The van der Waals surface area contributed by atoms with E-state index in [0.717, 1.165) is 33.5 Å². The molecule has 166 valence electrons. The van der Waals surface area contributed by atoms with Crippen molar-refractivity contribution in [1.82, 2.24) is 34.5 Å². The number of nitrogens with two attached hydrogens (primary N) is 1. The highest BCUT2D eigenvalue weighted by atomic mass is 16.5. The Morgan fingerprint density at radius 2 is 1.71 bits per heavy atom. The fourth-order valence-electron chi connectivity index (χ4n) is 3.79. The van der Waals surface area contributed by atoms with Crippen molar-refractivity contribution in [1.29, 1.82) is 0 Å². The van der Waals surface area contributed by atoms with Crippen molar-refractivity contribution in [3.63, 3.8) is 0 Å². The molecule has 0 bridgehead atoms. The summed E-state index contributed by atoms with van der Waals surface area (Å²) in [6, 6.07) is 9.74. The van der Waals surface area contributed by atoms with Gasteiger partial charge in [-0.2, -0.15) is 0 Å². The Morgan fingerprint density at radius 1 is 0.941 bits per heavy atom. The highest BCUT2D eigenvalue weighted by Gasteiger charge is 2.22. The molecule has 0 radical (unpaired) electrons. The van der Waals surface area contributed by atoms with E-state index in [-0.39, 0.29) is 0 Å². The highest BCUT2D eigenvalue weighted by Crippen LogP contribution is 2.41. The quantitative estimate of drug-likeness (QED) is 0.411. The molecule has 4 heterocycles. The number of hydrogen-bond acceptors (Lipinski definition) is 8. The zero-order valence-electron chi connectivity index (χ0n) is 18.8. The van der Waals surface area contributed by atoms with E-state index >= 15 is 0 Å². The van der Waals surface area contributed by atoms with Gasteiger partial charge in [0, 0.05) is 42.5 Å². The van der Waals surface area contributed by atoms with Gasteiger partial charge in [-0.25, -0.2) is 29.9 Å². The average Bonchev–Trinajstić information content (AvgIpc) is 3.14. The van der Waals surface area contributed by atoms with Gasteiger partial charge in [0.15, 0.2) is 0 Å². The van der Waals surface area contributed by atoms with Crippen molar-refractivity contribution in [3.8, 4) is 46.0 Å². The first-order valence-electron chi connectivity index (χ1n) is 10.5. The molecule has 9 nitrogen and oxygen atoms in total. The molecule has 5 rings (SSSR count). The minimum Gasteiger partial charge on any atom is -0.424 e. The van der Waals surface area contributed by atoms with Crippen molar-refractivity contribution in [2.24, 2.45) is 7.05 Å². The molecule has 0 saturated heterocycles. The molecular formula is C25H20N8O. The SMILES string of the molecule is CC#Cc1ncc(-c2c(-c3ccc(Oc4nccc(C)n4)cc3)c3c(N)ncnc3n2C)cn1. The van der Waals surface area contributed by atoms with Crippen molar-refractivity contribution in [3.05, 3.63) is 66.8 Å². The zero-order valence-corrected chi connectivity index (χ0v) is 18.8. The fourth-order valence-corrected chi connectivity index (χ4v) is 3.79. The second-order valence-electron chi connectivity index (χ2n) is 7.52. The van der Waals surface area contributed by atoms with Crippen LogP contribution in [-0.2, 0) is 7.05 Å². The maximum absolute atomic E-state index is 6.31. The lowest BCUT2D eigenvalue weighted by Gasteiger charge is -2.09. The van der Waals surface area contributed by atoms with E-state index in [9.17, 15) is 0 Å². The number of nitrogens with zero attached hydrogens (tertiary/aromatic N) is 7. The van der Waals surface area contributed by atoms with Gasteiger partial charge in [0.05, 0.1) is 11.1 Å². The van der Waals surface area contributed by atoms with E-state index in [1.165, 1.54) is 6.33 Å². The van der Waals surface area contributed by atoms with Crippen LogP contribution in [0.1, 0.15) is 18.4 Å². The summed E-state index contributed by atoms with van der Waals surface area (Å²) in [6.45, 7) is 3.64. The van der Waals surface area contributed by atoms with Gasteiger partial charge in [0.2, 0.25) is 5.82 Å². The van der Waals surface area contributed by atoms with Crippen LogP contribution in [0, 0.1) is 18.8 Å². The summed E-state index contributed by atoms with van der Waals surface area (Å²) in [5.41, 5.74) is 11.3. The average molecular weight is 448 g/mol. The fraction of sp³-hybridized carbons (Fsp3) is 0.120. The van der Waals surface area contributed by atoms with Crippen LogP contribution in [0.4, 0.5) is 5.82 Å². The summed E-state index contributed by atoms with van der Waals surface area (Å²) in [6.07, 6.45) is 6.62. The van der Waals surface area contributed by atoms with E-state index < -0.39 is 0 Å². The lowest BCUT2D eigenvalue weighted by atomic mass is 10.00. The maximum Gasteiger partial charge on any atom is 0.322 e. The van der Waals surface area contributed by atoms with Crippen LogP contribution in [0.5, 0.6) is 11.8 Å². The molecule has 0 aliphatic carbocycles. The van der Waals surface area contributed by atoms with Crippen LogP contribution in [0.2, 0.25) is 0 Å². The van der Waals surface area contributed by atoms with Crippen molar-refractivity contribution >= 4 is 16.9 Å². The van der Waals surface area contributed by atoms with Crippen LogP contribution in [0.3, 0.4) is 0 Å². The van der Waals surface area contributed by atoms with Gasteiger partial charge in [-0.05, 0) is 43.5 Å². The molecule has 9 heteroatoms. The Kier molecular flexibility index (Phi) is 5.32. The third-order valence-electron chi connectivity index (χ3n) is 5.28. The number of fused-ring (bicyclic) bond motifs is 1. The molecular weight excluding hydrogens is 428 g/mol. The molecule has 4 aromatic heterocycles. The van der Waals surface area contributed by atoms with Crippen molar-refractivity contribution in [2.75, 3.05) is 5.73 Å². The Hall–Kier alpha value is -4.84. The van der Waals surface area contributed by atoms with Crippen LogP contribution < -0.4 is 10.5 Å². The smallest absolute Gasteiger partial charge is 0.322 e. The third-order valence-corrected chi connectivity index (χ3v) is 5.28. The summed E-state index contributed by atoms with van der Waals surface area (Å²) in [7, 11) is 1.93. The number of rotatable bonds is 4. The van der Waals surface area contributed by atoms with E-state index in [1.54, 1.807) is 25.5 Å². The van der Waals surface area contributed by atoms with Gasteiger partial charge < -0.3 is 15.0 Å². The Morgan fingerprint density at radius 3 is 2.41 bits per heavy atom. The van der Waals surface area contributed by atoms with Gasteiger partial charge in [0.1, 0.15) is 23.5 Å². The first-order chi connectivity index (χ1) is 16.5. The second-order valence-corrected chi connectivity index (χ2v) is 7.52. The molecule has 0 amide bonds. The van der Waals surface area contributed by atoms with Gasteiger partial charge >= 0.3 is 6.01 Å². The predicted octanol–water partition coefficient (Wildman–Crippen LogP) is 3.94. The largest absolute Gasteiger partial charge is 0.424 e. The number of aromatic nitrogens is 7. The number of nitrogen functional groups attached to an aromatic ring is 1. The molecule has 0 saturated carbocycles. The topological polar surface area (TPSA) is 118 Å². The normalized spacial score (nSPS) is 10.7. The van der Waals surface area contributed by atoms with Gasteiger partial charge in [-0.3, -0.25) is 0 Å². The van der Waals surface area contributed by atoms with Gasteiger partial charge in [-0.1, -0.05) is 18.1 Å². The molecule has 1 aromatic carbocycles. The van der Waals surface area contributed by atoms with E-state index in [1.807, 2.05) is 48.9 Å². The number of anilines is 1. The number of aryl methyl sites for hydroxylation is 2. The summed E-state index contributed by atoms with van der Waals surface area (Å²) < 4.78 is 7.78. The van der Waals surface area contributed by atoms with Crippen LogP contribution in [0.15, 0.2) is 55.2 Å². The van der Waals surface area contributed by atoms with Crippen LogP contribution in [-0.4, -0.2) is 34.5 Å². The molecule has 0 unspecified atom stereocenters. The predicted molar refractivity (Wildman–Crippen MR) is 129 cm³/mol. The molecule has 34 heavy (non-hydrogen) atoms. The number of benzene rings is 1. The minimum atomic E-state index is 0.295. The Bertz CT molecular complexity index is 1560. The molecule has 0 aliphatic heterocycles. The van der Waals surface area contributed by atoms with E-state index in [4.69, 9.17) is 10.5 Å². The minimum absolute atomic E-state index is 0.295. The zero-order chi connectivity index (χ0) is 23.7. The van der Waals surface area contributed by atoms with Crippen molar-refractivity contribution < 1.29 is 4.74 Å². The monoisotopic (exact) mass is 448 g/mol. The highest BCUT2D eigenvalue weighted by molar-refractivity contribution is 6.07. The van der Waals surface area contributed by atoms with E-state index in [0.29, 0.717) is 29.0 Å². The van der Waals surface area contributed by atoms with Crippen molar-refractivity contribution in [2.45, 2.75) is 13.8 Å². The summed E-state index contributed by atoms with van der Waals surface area (Å²) >= 11 is 0. The standard InChI is InChI=1S/C25H20N8O/c1-4-5-19-28-12-17(13-29-19)22-20(21-23(26)30-14-31-24(21)33(22)3)16-6-8-18(9-7-16)34-25-27-11-10-15(2)32-25/h6-14H,1-3H3,(H2,26,30,31). The number of ether oxygens (including phenoxy) is 1.